The highest BCUT2D eigenvalue weighted by atomic mass is 19.4. The average molecular weight is 281 g/mol. The van der Waals surface area contributed by atoms with Gasteiger partial charge in [0.1, 0.15) is 0 Å². The van der Waals surface area contributed by atoms with Gasteiger partial charge >= 0.3 is 6.18 Å². The number of hydrogen-bond acceptors (Lipinski definition) is 5. The van der Waals surface area contributed by atoms with Gasteiger partial charge in [0.2, 0.25) is 0 Å². The molecule has 3 heterocycles. The van der Waals surface area contributed by atoms with E-state index >= 15 is 0 Å². The zero-order valence-electron chi connectivity index (χ0n) is 10.3. The first kappa shape index (κ1) is 12.9. The molecule has 1 N–H and O–H groups in total. The van der Waals surface area contributed by atoms with E-state index in [1.54, 1.807) is 6.07 Å². The zero-order chi connectivity index (χ0) is 14.2. The molecule has 2 aromatic rings. The molecule has 0 aliphatic carbocycles. The highest BCUT2D eigenvalue weighted by molar-refractivity contribution is 5.46. The fourth-order valence-corrected chi connectivity index (χ4v) is 2.11. The highest BCUT2D eigenvalue weighted by Gasteiger charge is 2.38. The number of fused-ring (bicyclic) bond motifs is 1. The molecule has 0 atom stereocenters. The number of hydrogen-bond donors (Lipinski definition) is 1. The van der Waals surface area contributed by atoms with Gasteiger partial charge in [0, 0.05) is 24.5 Å². The maximum atomic E-state index is 13.1. The van der Waals surface area contributed by atoms with Crippen molar-refractivity contribution in [2.45, 2.75) is 19.1 Å². The fourth-order valence-electron chi connectivity index (χ4n) is 2.11. The third-order valence-electron chi connectivity index (χ3n) is 2.97. The molecule has 0 amide bonds. The van der Waals surface area contributed by atoms with Crippen LogP contribution < -0.4 is 5.32 Å². The molecule has 104 valence electrons. The molecule has 20 heavy (non-hydrogen) atoms. The molecular weight excluding hydrogens is 271 g/mol. The largest absolute Gasteiger partial charge is 0.433 e. The molecule has 0 fully saturated rings. The van der Waals surface area contributed by atoms with Crippen molar-refractivity contribution in [2.75, 3.05) is 6.54 Å². The third-order valence-corrected chi connectivity index (χ3v) is 2.97. The second-order valence-electron chi connectivity index (χ2n) is 4.32. The number of nitrogens with zero attached hydrogens (tertiary/aromatic N) is 4. The second kappa shape index (κ2) is 4.78. The standard InChI is InChI=1S/C12H10F3N5/c13-12(14,15)9-7-2-5-16-6-8(7)19-11(20-9)10-17-3-1-4-18-10/h1,3-4,16H,2,5-6H2. The van der Waals surface area contributed by atoms with E-state index in [-0.39, 0.29) is 23.6 Å². The predicted octanol–water partition coefficient (Wildman–Crippen LogP) is 1.60. The first-order chi connectivity index (χ1) is 9.55. The summed E-state index contributed by atoms with van der Waals surface area (Å²) in [6.07, 6.45) is -1.36. The molecule has 0 spiro atoms. The molecule has 1 aliphatic rings. The van der Waals surface area contributed by atoms with Crippen molar-refractivity contribution in [3.8, 4) is 11.6 Å². The topological polar surface area (TPSA) is 63.6 Å². The average Bonchev–Trinajstić information content (AvgIpc) is 2.46. The molecule has 8 heteroatoms. The molecule has 0 saturated heterocycles. The maximum Gasteiger partial charge on any atom is 0.433 e. The minimum atomic E-state index is -4.51. The smallest absolute Gasteiger partial charge is 0.311 e. The summed E-state index contributed by atoms with van der Waals surface area (Å²) >= 11 is 0. The van der Waals surface area contributed by atoms with Gasteiger partial charge in [-0.2, -0.15) is 13.2 Å². The van der Waals surface area contributed by atoms with E-state index in [0.717, 1.165) is 0 Å². The SMILES string of the molecule is FC(F)(F)c1nc(-c2ncccn2)nc2c1CCNC2. The molecule has 0 radical (unpaired) electrons. The van der Waals surface area contributed by atoms with Gasteiger partial charge in [0.15, 0.2) is 17.3 Å². The van der Waals surface area contributed by atoms with Gasteiger partial charge in [0.25, 0.3) is 0 Å². The molecular formula is C12H10F3N5. The molecule has 3 rings (SSSR count). The number of nitrogens with one attached hydrogen (secondary N) is 1. The highest BCUT2D eigenvalue weighted by Crippen LogP contribution is 2.33. The van der Waals surface area contributed by atoms with Crippen molar-refractivity contribution >= 4 is 0 Å². The monoisotopic (exact) mass is 281 g/mol. The first-order valence-corrected chi connectivity index (χ1v) is 6.01. The molecule has 5 nitrogen and oxygen atoms in total. The summed E-state index contributed by atoms with van der Waals surface area (Å²) in [5.41, 5.74) is -0.358. The number of alkyl halides is 3. The maximum absolute atomic E-state index is 13.1. The van der Waals surface area contributed by atoms with Gasteiger partial charge < -0.3 is 5.32 Å². The van der Waals surface area contributed by atoms with Crippen molar-refractivity contribution in [1.82, 2.24) is 25.3 Å². The van der Waals surface area contributed by atoms with E-state index in [1.165, 1.54) is 12.4 Å². The minimum Gasteiger partial charge on any atom is -0.311 e. The van der Waals surface area contributed by atoms with Gasteiger partial charge in [-0.1, -0.05) is 0 Å². The Bertz CT molecular complexity index is 627. The third kappa shape index (κ3) is 2.34. The van der Waals surface area contributed by atoms with Gasteiger partial charge in [-0.15, -0.1) is 0 Å². The van der Waals surface area contributed by atoms with E-state index in [4.69, 9.17) is 0 Å². The van der Waals surface area contributed by atoms with Crippen LogP contribution in [0.5, 0.6) is 0 Å². The normalized spacial score (nSPS) is 14.9. The van der Waals surface area contributed by atoms with Crippen LogP contribution in [0.4, 0.5) is 13.2 Å². The molecule has 0 saturated carbocycles. The van der Waals surface area contributed by atoms with E-state index in [1.807, 2.05) is 0 Å². The predicted molar refractivity (Wildman–Crippen MR) is 63.5 cm³/mol. The summed E-state index contributed by atoms with van der Waals surface area (Å²) in [7, 11) is 0. The number of rotatable bonds is 1. The van der Waals surface area contributed by atoms with Crippen LogP contribution in [-0.2, 0) is 19.1 Å². The Labute approximate surface area is 112 Å². The van der Waals surface area contributed by atoms with Crippen LogP contribution in [0.1, 0.15) is 17.0 Å². The van der Waals surface area contributed by atoms with Crippen molar-refractivity contribution in [1.29, 1.82) is 0 Å². The van der Waals surface area contributed by atoms with Crippen molar-refractivity contribution in [3.05, 3.63) is 35.4 Å². The first-order valence-electron chi connectivity index (χ1n) is 6.01. The van der Waals surface area contributed by atoms with Crippen molar-refractivity contribution in [2.24, 2.45) is 0 Å². The molecule has 0 bridgehead atoms. The van der Waals surface area contributed by atoms with E-state index in [9.17, 15) is 13.2 Å². The number of aromatic nitrogens is 4. The van der Waals surface area contributed by atoms with Crippen LogP contribution in [-0.4, -0.2) is 26.5 Å². The zero-order valence-corrected chi connectivity index (χ0v) is 10.3. The molecule has 0 unspecified atom stereocenters. The molecule has 2 aromatic heterocycles. The van der Waals surface area contributed by atoms with Crippen LogP contribution in [0.2, 0.25) is 0 Å². The quantitative estimate of drug-likeness (QED) is 0.860. The Hall–Kier alpha value is -2.09. The lowest BCUT2D eigenvalue weighted by molar-refractivity contribution is -0.142. The molecule has 0 aromatic carbocycles. The Kier molecular flexibility index (Phi) is 3.09. The Morgan fingerprint density at radius 3 is 2.50 bits per heavy atom. The summed E-state index contributed by atoms with van der Waals surface area (Å²) in [5, 5.41) is 3.00. The fraction of sp³-hybridized carbons (Fsp3) is 0.333. The van der Waals surface area contributed by atoms with Gasteiger partial charge in [-0.25, -0.2) is 19.9 Å². The van der Waals surface area contributed by atoms with Gasteiger partial charge in [-0.3, -0.25) is 0 Å². The second-order valence-corrected chi connectivity index (χ2v) is 4.32. The lowest BCUT2D eigenvalue weighted by Crippen LogP contribution is -2.29. The molecule has 1 aliphatic heterocycles. The van der Waals surface area contributed by atoms with E-state index in [0.29, 0.717) is 18.8 Å². The van der Waals surface area contributed by atoms with Crippen LogP contribution in [0.25, 0.3) is 11.6 Å². The van der Waals surface area contributed by atoms with E-state index in [2.05, 4.69) is 25.3 Å². The Morgan fingerprint density at radius 1 is 1.05 bits per heavy atom. The summed E-state index contributed by atoms with van der Waals surface area (Å²) in [6, 6.07) is 1.58. The number of halogens is 3. The van der Waals surface area contributed by atoms with Crippen LogP contribution >= 0.6 is 0 Å². The van der Waals surface area contributed by atoms with E-state index < -0.39 is 11.9 Å². The van der Waals surface area contributed by atoms with Gasteiger partial charge in [0.05, 0.1) is 5.69 Å². The van der Waals surface area contributed by atoms with Crippen LogP contribution in [0.3, 0.4) is 0 Å². The Morgan fingerprint density at radius 2 is 1.80 bits per heavy atom. The lowest BCUT2D eigenvalue weighted by atomic mass is 10.0. The van der Waals surface area contributed by atoms with Crippen LogP contribution in [0, 0.1) is 0 Å². The summed E-state index contributed by atoms with van der Waals surface area (Å²) in [5.74, 6) is -0.00764. The van der Waals surface area contributed by atoms with Crippen LogP contribution in [0.15, 0.2) is 18.5 Å². The summed E-state index contributed by atoms with van der Waals surface area (Å²) in [4.78, 5) is 15.6. The minimum absolute atomic E-state index is 0.0892. The summed E-state index contributed by atoms with van der Waals surface area (Å²) < 4.78 is 39.4. The Balaban J connectivity index is 2.19. The summed E-state index contributed by atoms with van der Waals surface area (Å²) in [6.45, 7) is 0.779. The van der Waals surface area contributed by atoms with Crippen molar-refractivity contribution < 1.29 is 13.2 Å². The van der Waals surface area contributed by atoms with Crippen molar-refractivity contribution in [3.63, 3.8) is 0 Å². The van der Waals surface area contributed by atoms with Gasteiger partial charge in [-0.05, 0) is 19.0 Å². The lowest BCUT2D eigenvalue weighted by Gasteiger charge is -2.20.